The summed E-state index contributed by atoms with van der Waals surface area (Å²) < 4.78 is 11.2. The second-order valence-corrected chi connectivity index (χ2v) is 7.57. The van der Waals surface area contributed by atoms with Crippen molar-refractivity contribution in [3.63, 3.8) is 0 Å². The monoisotopic (exact) mass is 339 g/mol. The molecule has 2 aromatic rings. The highest BCUT2D eigenvalue weighted by atomic mass is 16.5. The zero-order valence-electron chi connectivity index (χ0n) is 15.5. The molecule has 0 spiro atoms. The molecule has 0 bridgehead atoms. The van der Waals surface area contributed by atoms with Crippen molar-refractivity contribution < 1.29 is 14.3 Å². The molecule has 0 N–H and O–H groups in total. The second kappa shape index (κ2) is 6.43. The molecular formula is C21H25NO3. The first kappa shape index (κ1) is 17.3. The Balaban J connectivity index is 2.11. The molecule has 0 saturated carbocycles. The Hall–Kier alpha value is -2.49. The van der Waals surface area contributed by atoms with Gasteiger partial charge in [0.05, 0.1) is 18.8 Å². The van der Waals surface area contributed by atoms with E-state index in [9.17, 15) is 4.79 Å². The third-order valence-electron chi connectivity index (χ3n) is 4.62. The number of hydrogen-bond donors (Lipinski definition) is 0. The molecule has 1 aliphatic rings. The number of nitrogens with zero attached hydrogens (tertiary/aromatic N) is 1. The van der Waals surface area contributed by atoms with Crippen LogP contribution in [0.25, 0.3) is 0 Å². The first-order valence-corrected chi connectivity index (χ1v) is 8.52. The van der Waals surface area contributed by atoms with Gasteiger partial charge in [0.15, 0.2) is 0 Å². The molecule has 1 amide bonds. The number of carbonyl (C=O) groups is 1. The SMILES string of the molecule is COc1cccc(C(=O)N2c3cc(C)ccc3OC[C@@H]2C(C)(C)C)c1. The topological polar surface area (TPSA) is 38.8 Å². The van der Waals surface area contributed by atoms with Gasteiger partial charge in [-0.1, -0.05) is 32.9 Å². The maximum Gasteiger partial charge on any atom is 0.258 e. The lowest BCUT2D eigenvalue weighted by atomic mass is 9.84. The van der Waals surface area contributed by atoms with E-state index < -0.39 is 0 Å². The molecule has 1 atom stereocenters. The van der Waals surface area contributed by atoms with Gasteiger partial charge in [0.2, 0.25) is 0 Å². The van der Waals surface area contributed by atoms with E-state index in [2.05, 4.69) is 20.8 Å². The summed E-state index contributed by atoms with van der Waals surface area (Å²) in [5.74, 6) is 1.40. The summed E-state index contributed by atoms with van der Waals surface area (Å²) in [4.78, 5) is 15.3. The van der Waals surface area contributed by atoms with Crippen molar-refractivity contribution in [2.24, 2.45) is 5.41 Å². The molecule has 0 saturated heterocycles. The van der Waals surface area contributed by atoms with Gasteiger partial charge in [-0.15, -0.1) is 0 Å². The smallest absolute Gasteiger partial charge is 0.258 e. The van der Waals surface area contributed by atoms with Crippen LogP contribution in [0.1, 0.15) is 36.7 Å². The van der Waals surface area contributed by atoms with Gasteiger partial charge in [-0.25, -0.2) is 0 Å². The maximum atomic E-state index is 13.4. The van der Waals surface area contributed by atoms with Crippen molar-refractivity contribution in [3.8, 4) is 11.5 Å². The Kier molecular flexibility index (Phi) is 4.46. The summed E-state index contributed by atoms with van der Waals surface area (Å²) in [7, 11) is 1.61. The fourth-order valence-electron chi connectivity index (χ4n) is 3.13. The standard InChI is InChI=1S/C21H25NO3/c1-14-9-10-18-17(11-14)22(19(13-25-18)21(2,3)4)20(23)15-7-6-8-16(12-15)24-5/h6-12,19H,13H2,1-5H3/t19-/m1/s1. The van der Waals surface area contributed by atoms with Crippen LogP contribution in [0.5, 0.6) is 11.5 Å². The molecular weight excluding hydrogens is 314 g/mol. The number of aryl methyl sites for hydroxylation is 1. The number of ether oxygens (including phenoxy) is 2. The third-order valence-corrected chi connectivity index (χ3v) is 4.62. The van der Waals surface area contributed by atoms with Crippen LogP contribution in [0.4, 0.5) is 5.69 Å². The molecule has 1 heterocycles. The van der Waals surface area contributed by atoms with Crippen LogP contribution in [0.3, 0.4) is 0 Å². The average molecular weight is 339 g/mol. The minimum Gasteiger partial charge on any atom is -0.497 e. The van der Waals surface area contributed by atoms with Gasteiger partial charge in [-0.3, -0.25) is 9.69 Å². The number of anilines is 1. The average Bonchev–Trinajstić information content (AvgIpc) is 2.59. The third kappa shape index (κ3) is 3.34. The number of carbonyl (C=O) groups excluding carboxylic acids is 1. The number of hydrogen-bond acceptors (Lipinski definition) is 3. The van der Waals surface area contributed by atoms with Crippen LogP contribution in [-0.2, 0) is 0 Å². The van der Waals surface area contributed by atoms with Gasteiger partial charge in [-0.2, -0.15) is 0 Å². The van der Waals surface area contributed by atoms with Crippen LogP contribution in [0, 0.1) is 12.3 Å². The van der Waals surface area contributed by atoms with Crippen molar-refractivity contribution in [1.29, 1.82) is 0 Å². The first-order chi connectivity index (χ1) is 11.8. The van der Waals surface area contributed by atoms with E-state index in [0.29, 0.717) is 17.9 Å². The molecule has 3 rings (SSSR count). The van der Waals surface area contributed by atoms with Crippen LogP contribution in [0.15, 0.2) is 42.5 Å². The van der Waals surface area contributed by atoms with Crippen LogP contribution < -0.4 is 14.4 Å². The molecule has 25 heavy (non-hydrogen) atoms. The highest BCUT2D eigenvalue weighted by Gasteiger charge is 2.39. The largest absolute Gasteiger partial charge is 0.497 e. The fraction of sp³-hybridized carbons (Fsp3) is 0.381. The van der Waals surface area contributed by atoms with Crippen LogP contribution in [-0.4, -0.2) is 25.7 Å². The van der Waals surface area contributed by atoms with Crippen molar-refractivity contribution in [2.45, 2.75) is 33.7 Å². The summed E-state index contributed by atoms with van der Waals surface area (Å²) in [6, 6.07) is 13.2. The zero-order valence-corrected chi connectivity index (χ0v) is 15.5. The molecule has 132 valence electrons. The van der Waals surface area contributed by atoms with E-state index in [1.54, 1.807) is 13.2 Å². The Bertz CT molecular complexity index is 792. The molecule has 1 aliphatic heterocycles. The maximum absolute atomic E-state index is 13.4. The molecule has 0 radical (unpaired) electrons. The van der Waals surface area contributed by atoms with Crippen molar-refractivity contribution in [3.05, 3.63) is 53.6 Å². The second-order valence-electron chi connectivity index (χ2n) is 7.57. The lowest BCUT2D eigenvalue weighted by Gasteiger charge is -2.43. The number of benzene rings is 2. The van der Waals surface area contributed by atoms with Crippen molar-refractivity contribution in [2.75, 3.05) is 18.6 Å². The normalized spacial score (nSPS) is 16.8. The summed E-state index contributed by atoms with van der Waals surface area (Å²) in [6.07, 6.45) is 0. The summed E-state index contributed by atoms with van der Waals surface area (Å²) >= 11 is 0. The summed E-state index contributed by atoms with van der Waals surface area (Å²) in [6.45, 7) is 8.90. The first-order valence-electron chi connectivity index (χ1n) is 8.52. The molecule has 4 nitrogen and oxygen atoms in total. The van der Waals surface area contributed by atoms with E-state index in [0.717, 1.165) is 17.0 Å². The number of fused-ring (bicyclic) bond motifs is 1. The lowest BCUT2D eigenvalue weighted by Crippen LogP contribution is -2.53. The molecule has 2 aromatic carbocycles. The van der Waals surface area contributed by atoms with E-state index in [4.69, 9.17) is 9.47 Å². The number of rotatable bonds is 2. The Morgan fingerprint density at radius 2 is 1.96 bits per heavy atom. The summed E-state index contributed by atoms with van der Waals surface area (Å²) in [5.41, 5.74) is 2.43. The minimum atomic E-state index is -0.115. The van der Waals surface area contributed by atoms with Gasteiger partial charge in [0.25, 0.3) is 5.91 Å². The Labute approximate surface area is 149 Å². The summed E-state index contributed by atoms with van der Waals surface area (Å²) in [5, 5.41) is 0. The van der Waals surface area contributed by atoms with Gasteiger partial charge >= 0.3 is 0 Å². The number of amides is 1. The molecule has 0 aliphatic carbocycles. The predicted molar refractivity (Wildman–Crippen MR) is 99.7 cm³/mol. The van der Waals surface area contributed by atoms with Crippen molar-refractivity contribution >= 4 is 11.6 Å². The van der Waals surface area contributed by atoms with E-state index in [-0.39, 0.29) is 17.4 Å². The predicted octanol–water partition coefficient (Wildman–Crippen LogP) is 4.46. The minimum absolute atomic E-state index is 0.0334. The van der Waals surface area contributed by atoms with Crippen LogP contribution in [0.2, 0.25) is 0 Å². The van der Waals surface area contributed by atoms with Crippen LogP contribution >= 0.6 is 0 Å². The Morgan fingerprint density at radius 3 is 2.64 bits per heavy atom. The fourth-order valence-corrected chi connectivity index (χ4v) is 3.13. The lowest BCUT2D eigenvalue weighted by molar-refractivity contribution is 0.0911. The highest BCUT2D eigenvalue weighted by molar-refractivity contribution is 6.08. The van der Waals surface area contributed by atoms with E-state index in [1.165, 1.54) is 0 Å². The molecule has 0 aromatic heterocycles. The molecule has 4 heteroatoms. The number of methoxy groups -OCH3 is 1. The van der Waals surface area contributed by atoms with E-state index in [1.807, 2.05) is 48.2 Å². The highest BCUT2D eigenvalue weighted by Crippen LogP contribution is 2.40. The van der Waals surface area contributed by atoms with Crippen molar-refractivity contribution in [1.82, 2.24) is 0 Å². The van der Waals surface area contributed by atoms with Gasteiger partial charge < -0.3 is 9.47 Å². The van der Waals surface area contributed by atoms with E-state index >= 15 is 0 Å². The van der Waals surface area contributed by atoms with Gasteiger partial charge in [-0.05, 0) is 48.2 Å². The quantitative estimate of drug-likeness (QED) is 0.811. The zero-order chi connectivity index (χ0) is 18.2. The molecule has 0 unspecified atom stereocenters. The van der Waals surface area contributed by atoms with Gasteiger partial charge in [0, 0.05) is 5.56 Å². The Morgan fingerprint density at radius 1 is 1.20 bits per heavy atom. The molecule has 0 fully saturated rings. The van der Waals surface area contributed by atoms with Gasteiger partial charge in [0.1, 0.15) is 18.1 Å².